The summed E-state index contributed by atoms with van der Waals surface area (Å²) in [6.45, 7) is 8.75. The van der Waals surface area contributed by atoms with Gasteiger partial charge in [-0.05, 0) is 50.8 Å². The molecule has 0 spiro atoms. The molecule has 4 nitrogen and oxygen atoms in total. The van der Waals surface area contributed by atoms with E-state index >= 15 is 0 Å². The molecular formula is C17H24Cl2N2O2. The number of hydrogen-bond acceptors (Lipinski definition) is 3. The Morgan fingerprint density at radius 3 is 2.74 bits per heavy atom. The molecule has 1 aliphatic rings. The van der Waals surface area contributed by atoms with Crippen molar-refractivity contribution >= 4 is 29.3 Å². The van der Waals surface area contributed by atoms with Gasteiger partial charge in [-0.25, -0.2) is 4.79 Å². The highest BCUT2D eigenvalue weighted by atomic mass is 35.5. The van der Waals surface area contributed by atoms with Crippen LogP contribution in [0.3, 0.4) is 0 Å². The van der Waals surface area contributed by atoms with Gasteiger partial charge in [0.2, 0.25) is 0 Å². The smallest absolute Gasteiger partial charge is 0.410 e. The van der Waals surface area contributed by atoms with Gasteiger partial charge < -0.3 is 15.0 Å². The average Bonchev–Trinajstić information content (AvgIpc) is 2.90. The van der Waals surface area contributed by atoms with Gasteiger partial charge >= 0.3 is 6.09 Å². The fourth-order valence-corrected chi connectivity index (χ4v) is 2.88. The molecule has 1 aromatic rings. The summed E-state index contributed by atoms with van der Waals surface area (Å²) in [7, 11) is 0. The van der Waals surface area contributed by atoms with Crippen molar-refractivity contribution in [1.82, 2.24) is 10.2 Å². The molecule has 1 saturated heterocycles. The maximum Gasteiger partial charge on any atom is 0.410 e. The molecule has 1 atom stereocenters. The number of ether oxygens (including phenoxy) is 1. The first kappa shape index (κ1) is 18.4. The largest absolute Gasteiger partial charge is 0.444 e. The summed E-state index contributed by atoms with van der Waals surface area (Å²) in [6.07, 6.45) is 0.776. The standard InChI is InChI=1S/C17H24Cl2N2O2/c1-17(2,3)23-16(22)21-7-6-13(11-21)10-20-9-12-4-5-14(18)15(19)8-12/h4-5,8,13,20H,6-7,9-11H2,1-3H3. The predicted octanol–water partition coefficient (Wildman–Crippen LogP) is 4.34. The third-order valence-corrected chi connectivity index (χ3v) is 4.42. The van der Waals surface area contributed by atoms with Crippen molar-refractivity contribution in [2.24, 2.45) is 5.92 Å². The second-order valence-corrected chi connectivity index (χ2v) is 7.77. The molecule has 1 aromatic carbocycles. The molecule has 0 bridgehead atoms. The van der Waals surface area contributed by atoms with E-state index in [1.165, 1.54) is 0 Å². The van der Waals surface area contributed by atoms with Crippen LogP contribution < -0.4 is 5.32 Å². The number of halogens is 2. The fraction of sp³-hybridized carbons (Fsp3) is 0.588. The molecule has 0 aromatic heterocycles. The lowest BCUT2D eigenvalue weighted by atomic mass is 10.1. The first-order chi connectivity index (χ1) is 10.7. The van der Waals surface area contributed by atoms with Crippen LogP contribution in [0.1, 0.15) is 32.8 Å². The summed E-state index contributed by atoms with van der Waals surface area (Å²) >= 11 is 11.9. The number of hydrogen-bond donors (Lipinski definition) is 1. The Hall–Kier alpha value is -0.970. The third-order valence-electron chi connectivity index (χ3n) is 3.68. The van der Waals surface area contributed by atoms with Crippen LogP contribution in [0, 0.1) is 5.92 Å². The van der Waals surface area contributed by atoms with Crippen molar-refractivity contribution in [2.45, 2.75) is 39.3 Å². The molecule has 2 rings (SSSR count). The summed E-state index contributed by atoms with van der Waals surface area (Å²) in [6, 6.07) is 5.64. The number of likely N-dealkylation sites (tertiary alicyclic amines) is 1. The van der Waals surface area contributed by atoms with E-state index in [4.69, 9.17) is 27.9 Å². The summed E-state index contributed by atoms with van der Waals surface area (Å²) in [5, 5.41) is 4.56. The first-order valence-electron chi connectivity index (χ1n) is 7.87. The van der Waals surface area contributed by atoms with Crippen LogP contribution in [-0.4, -0.2) is 36.2 Å². The number of nitrogens with one attached hydrogen (secondary N) is 1. The average molecular weight is 359 g/mol. The van der Waals surface area contributed by atoms with Crippen molar-refractivity contribution in [3.8, 4) is 0 Å². The van der Waals surface area contributed by atoms with Crippen LogP contribution >= 0.6 is 23.2 Å². The number of carbonyl (C=O) groups is 1. The van der Waals surface area contributed by atoms with E-state index in [-0.39, 0.29) is 6.09 Å². The van der Waals surface area contributed by atoms with E-state index < -0.39 is 5.60 Å². The fourth-order valence-electron chi connectivity index (χ4n) is 2.56. The van der Waals surface area contributed by atoms with Gasteiger partial charge in [-0.1, -0.05) is 29.3 Å². The Kier molecular flexibility index (Phi) is 6.18. The van der Waals surface area contributed by atoms with Crippen LogP contribution in [0.5, 0.6) is 0 Å². The predicted molar refractivity (Wildman–Crippen MR) is 94.1 cm³/mol. The molecule has 6 heteroatoms. The topological polar surface area (TPSA) is 41.6 Å². The zero-order valence-electron chi connectivity index (χ0n) is 13.9. The number of nitrogens with zero attached hydrogens (tertiary/aromatic N) is 1. The lowest BCUT2D eigenvalue weighted by Gasteiger charge is -2.24. The molecule has 0 aliphatic carbocycles. The molecule has 1 N–H and O–H groups in total. The molecule has 1 heterocycles. The molecule has 1 unspecified atom stereocenters. The summed E-state index contributed by atoms with van der Waals surface area (Å²) < 4.78 is 5.41. The van der Waals surface area contributed by atoms with E-state index in [1.54, 1.807) is 11.0 Å². The summed E-state index contributed by atoms with van der Waals surface area (Å²) in [4.78, 5) is 13.8. The minimum atomic E-state index is -0.443. The highest BCUT2D eigenvalue weighted by molar-refractivity contribution is 6.42. The van der Waals surface area contributed by atoms with Crippen LogP contribution in [0.15, 0.2) is 18.2 Å². The van der Waals surface area contributed by atoms with Crippen molar-refractivity contribution in [1.29, 1.82) is 0 Å². The van der Waals surface area contributed by atoms with Crippen molar-refractivity contribution in [3.63, 3.8) is 0 Å². The zero-order valence-corrected chi connectivity index (χ0v) is 15.4. The number of carbonyl (C=O) groups excluding carboxylic acids is 1. The van der Waals surface area contributed by atoms with Crippen LogP contribution in [0.4, 0.5) is 4.79 Å². The third kappa shape index (κ3) is 5.87. The molecular weight excluding hydrogens is 335 g/mol. The van der Waals surface area contributed by atoms with Gasteiger partial charge in [0.05, 0.1) is 10.0 Å². The van der Waals surface area contributed by atoms with Crippen LogP contribution in [0.25, 0.3) is 0 Å². The summed E-state index contributed by atoms with van der Waals surface area (Å²) in [5.74, 6) is 0.449. The van der Waals surface area contributed by atoms with Gasteiger partial charge in [-0.3, -0.25) is 0 Å². The summed E-state index contributed by atoms with van der Waals surface area (Å²) in [5.41, 5.74) is 0.655. The Morgan fingerprint density at radius 2 is 2.09 bits per heavy atom. The Labute approximate surface area is 148 Å². The van der Waals surface area contributed by atoms with Crippen molar-refractivity contribution < 1.29 is 9.53 Å². The van der Waals surface area contributed by atoms with E-state index in [1.807, 2.05) is 32.9 Å². The second-order valence-electron chi connectivity index (χ2n) is 6.96. The Balaban J connectivity index is 1.73. The van der Waals surface area contributed by atoms with Gasteiger partial charge in [0.1, 0.15) is 5.60 Å². The van der Waals surface area contributed by atoms with Gasteiger partial charge in [-0.2, -0.15) is 0 Å². The molecule has 1 aliphatic heterocycles. The highest BCUT2D eigenvalue weighted by Gasteiger charge is 2.29. The van der Waals surface area contributed by atoms with Crippen LogP contribution in [0.2, 0.25) is 10.0 Å². The van der Waals surface area contributed by atoms with E-state index in [9.17, 15) is 4.79 Å². The van der Waals surface area contributed by atoms with Crippen molar-refractivity contribution in [3.05, 3.63) is 33.8 Å². The molecule has 128 valence electrons. The van der Waals surface area contributed by atoms with Gasteiger partial charge in [-0.15, -0.1) is 0 Å². The number of rotatable bonds is 4. The molecule has 1 fully saturated rings. The molecule has 1 amide bonds. The van der Waals surface area contributed by atoms with E-state index in [2.05, 4.69) is 5.32 Å². The molecule has 0 saturated carbocycles. The first-order valence-corrected chi connectivity index (χ1v) is 8.63. The SMILES string of the molecule is CC(C)(C)OC(=O)N1CCC(CNCc2ccc(Cl)c(Cl)c2)C1. The normalized spacial score (nSPS) is 18.3. The monoisotopic (exact) mass is 358 g/mol. The van der Waals surface area contributed by atoms with E-state index in [0.717, 1.165) is 38.2 Å². The highest BCUT2D eigenvalue weighted by Crippen LogP contribution is 2.23. The van der Waals surface area contributed by atoms with Crippen molar-refractivity contribution in [2.75, 3.05) is 19.6 Å². The van der Waals surface area contributed by atoms with Gasteiger partial charge in [0, 0.05) is 26.2 Å². The van der Waals surface area contributed by atoms with E-state index in [0.29, 0.717) is 16.0 Å². The van der Waals surface area contributed by atoms with Gasteiger partial charge in [0.15, 0.2) is 0 Å². The zero-order chi connectivity index (χ0) is 17.0. The second kappa shape index (κ2) is 7.73. The molecule has 0 radical (unpaired) electrons. The Morgan fingerprint density at radius 1 is 1.35 bits per heavy atom. The van der Waals surface area contributed by atoms with Gasteiger partial charge in [0.25, 0.3) is 0 Å². The number of benzene rings is 1. The minimum Gasteiger partial charge on any atom is -0.444 e. The number of amides is 1. The quantitative estimate of drug-likeness (QED) is 0.870. The maximum absolute atomic E-state index is 12.0. The molecule has 23 heavy (non-hydrogen) atoms. The minimum absolute atomic E-state index is 0.218. The lowest BCUT2D eigenvalue weighted by molar-refractivity contribution is 0.0288. The maximum atomic E-state index is 12.0. The lowest BCUT2D eigenvalue weighted by Crippen LogP contribution is -2.36. The Bertz CT molecular complexity index is 558. The van der Waals surface area contributed by atoms with Crippen LogP contribution in [-0.2, 0) is 11.3 Å².